The van der Waals surface area contributed by atoms with Gasteiger partial charge in [0.2, 0.25) is 16.0 Å². The molecule has 3 aliphatic rings. The SMILES string of the molecule is CN1CCN(c2nc(N3CCCC3)nc3c2CN(S(=O)(=O)c2ccccc2C#N)CC3)CC1. The molecule has 3 aliphatic heterocycles. The van der Waals surface area contributed by atoms with Crippen molar-refractivity contribution < 1.29 is 8.42 Å². The molecule has 0 spiro atoms. The number of nitriles is 1. The second kappa shape index (κ2) is 8.89. The molecule has 4 heterocycles. The fraction of sp³-hybridized carbons (Fsp3) is 0.522. The minimum atomic E-state index is -3.81. The topological polar surface area (TPSA) is 96.7 Å². The zero-order valence-electron chi connectivity index (χ0n) is 18.9. The monoisotopic (exact) mass is 467 g/mol. The summed E-state index contributed by atoms with van der Waals surface area (Å²) in [5.74, 6) is 1.63. The predicted octanol–water partition coefficient (Wildman–Crippen LogP) is 1.45. The summed E-state index contributed by atoms with van der Waals surface area (Å²) in [5, 5.41) is 9.44. The van der Waals surface area contributed by atoms with Gasteiger partial charge in [-0.2, -0.15) is 14.6 Å². The maximum Gasteiger partial charge on any atom is 0.244 e. The van der Waals surface area contributed by atoms with Crippen LogP contribution in [0.15, 0.2) is 29.2 Å². The van der Waals surface area contributed by atoms with Gasteiger partial charge in [0.15, 0.2) is 0 Å². The van der Waals surface area contributed by atoms with Crippen molar-refractivity contribution >= 4 is 21.8 Å². The number of rotatable bonds is 4. The van der Waals surface area contributed by atoms with Crippen molar-refractivity contribution in [3.8, 4) is 6.07 Å². The van der Waals surface area contributed by atoms with Crippen LogP contribution in [0.1, 0.15) is 29.7 Å². The summed E-state index contributed by atoms with van der Waals surface area (Å²) < 4.78 is 28.5. The molecule has 1 aromatic carbocycles. The Kier molecular flexibility index (Phi) is 5.95. The smallest absolute Gasteiger partial charge is 0.244 e. The Labute approximate surface area is 195 Å². The second-order valence-electron chi connectivity index (χ2n) is 8.95. The van der Waals surface area contributed by atoms with Crippen LogP contribution in [0.2, 0.25) is 0 Å². The molecule has 0 N–H and O–H groups in total. The molecule has 0 aliphatic carbocycles. The molecule has 33 heavy (non-hydrogen) atoms. The lowest BCUT2D eigenvalue weighted by Crippen LogP contribution is -2.46. The van der Waals surface area contributed by atoms with Crippen LogP contribution in [-0.4, -0.2) is 80.5 Å². The normalized spacial score (nSPS) is 20.0. The van der Waals surface area contributed by atoms with Gasteiger partial charge in [-0.1, -0.05) is 12.1 Å². The number of nitrogens with zero attached hydrogens (tertiary/aromatic N) is 7. The van der Waals surface area contributed by atoms with E-state index in [1.54, 1.807) is 18.2 Å². The van der Waals surface area contributed by atoms with Crippen LogP contribution < -0.4 is 9.80 Å². The minimum Gasteiger partial charge on any atom is -0.354 e. The van der Waals surface area contributed by atoms with E-state index in [1.807, 2.05) is 6.07 Å². The van der Waals surface area contributed by atoms with Gasteiger partial charge in [0, 0.05) is 64.3 Å². The fourth-order valence-electron chi connectivity index (χ4n) is 4.83. The van der Waals surface area contributed by atoms with Crippen LogP contribution in [0, 0.1) is 11.3 Å². The number of piperazine rings is 1. The van der Waals surface area contributed by atoms with Crippen LogP contribution in [-0.2, 0) is 23.0 Å². The Hall–Kier alpha value is -2.74. The molecule has 174 valence electrons. The van der Waals surface area contributed by atoms with Crippen molar-refractivity contribution in [2.45, 2.75) is 30.7 Å². The van der Waals surface area contributed by atoms with Crippen LogP contribution in [0.3, 0.4) is 0 Å². The summed E-state index contributed by atoms with van der Waals surface area (Å²) in [6, 6.07) is 8.42. The Morgan fingerprint density at radius 3 is 2.39 bits per heavy atom. The fourth-order valence-corrected chi connectivity index (χ4v) is 6.38. The van der Waals surface area contributed by atoms with Crippen molar-refractivity contribution in [3.63, 3.8) is 0 Å². The van der Waals surface area contributed by atoms with Gasteiger partial charge in [-0.3, -0.25) is 0 Å². The molecule has 2 saturated heterocycles. The Bertz CT molecular complexity index is 1180. The molecule has 0 radical (unpaired) electrons. The van der Waals surface area contributed by atoms with Crippen molar-refractivity contribution in [2.24, 2.45) is 0 Å². The second-order valence-corrected chi connectivity index (χ2v) is 10.9. The average Bonchev–Trinajstić information content (AvgIpc) is 3.38. The number of benzene rings is 1. The maximum absolute atomic E-state index is 13.5. The quantitative estimate of drug-likeness (QED) is 0.667. The highest BCUT2D eigenvalue weighted by molar-refractivity contribution is 7.89. The Morgan fingerprint density at radius 1 is 0.939 bits per heavy atom. The number of hydrogen-bond acceptors (Lipinski definition) is 8. The summed E-state index contributed by atoms with van der Waals surface area (Å²) in [5.41, 5.74) is 2.01. The van der Waals surface area contributed by atoms with E-state index in [4.69, 9.17) is 9.97 Å². The van der Waals surface area contributed by atoms with Gasteiger partial charge in [-0.05, 0) is 32.0 Å². The van der Waals surface area contributed by atoms with E-state index in [1.165, 1.54) is 10.4 Å². The van der Waals surface area contributed by atoms with E-state index in [2.05, 4.69) is 21.7 Å². The highest BCUT2D eigenvalue weighted by atomic mass is 32.2. The van der Waals surface area contributed by atoms with Crippen molar-refractivity contribution in [1.82, 2.24) is 19.2 Å². The maximum atomic E-state index is 13.5. The van der Waals surface area contributed by atoms with E-state index in [9.17, 15) is 13.7 Å². The Morgan fingerprint density at radius 2 is 1.67 bits per heavy atom. The third-order valence-electron chi connectivity index (χ3n) is 6.81. The molecule has 1 aromatic heterocycles. The highest BCUT2D eigenvalue weighted by Gasteiger charge is 2.34. The first kappa shape index (κ1) is 22.1. The standard InChI is InChI=1S/C23H29N7O2S/c1-27-12-14-28(15-13-27)22-19-17-30(33(31,32)21-7-3-2-6-18(21)16-24)11-8-20(19)25-23(26-22)29-9-4-5-10-29/h2-3,6-7H,4-5,8-15,17H2,1H3. The largest absolute Gasteiger partial charge is 0.354 e. The van der Waals surface area contributed by atoms with Crippen molar-refractivity contribution in [3.05, 3.63) is 41.1 Å². The lowest BCUT2D eigenvalue weighted by Gasteiger charge is -2.37. The predicted molar refractivity (Wildman–Crippen MR) is 126 cm³/mol. The minimum absolute atomic E-state index is 0.0618. The lowest BCUT2D eigenvalue weighted by atomic mass is 10.1. The van der Waals surface area contributed by atoms with Gasteiger partial charge < -0.3 is 14.7 Å². The molecule has 2 aromatic rings. The molecule has 5 rings (SSSR count). The molecule has 10 heteroatoms. The zero-order valence-corrected chi connectivity index (χ0v) is 19.8. The van der Waals surface area contributed by atoms with Gasteiger partial charge in [0.05, 0.1) is 16.2 Å². The molecule has 0 bridgehead atoms. The summed E-state index contributed by atoms with van der Waals surface area (Å²) in [7, 11) is -1.70. The molecule has 0 saturated carbocycles. The first-order valence-corrected chi connectivity index (χ1v) is 13.0. The average molecular weight is 468 g/mol. The van der Waals surface area contributed by atoms with Gasteiger partial charge in [-0.15, -0.1) is 0 Å². The third-order valence-corrected chi connectivity index (χ3v) is 8.71. The van der Waals surface area contributed by atoms with Gasteiger partial charge in [0.1, 0.15) is 11.9 Å². The van der Waals surface area contributed by atoms with Gasteiger partial charge in [-0.25, -0.2) is 13.4 Å². The number of fused-ring (bicyclic) bond motifs is 1. The van der Waals surface area contributed by atoms with E-state index < -0.39 is 10.0 Å². The molecular weight excluding hydrogens is 438 g/mol. The summed E-state index contributed by atoms with van der Waals surface area (Å²) in [6.45, 7) is 6.07. The first-order valence-electron chi connectivity index (χ1n) is 11.5. The van der Waals surface area contributed by atoms with E-state index >= 15 is 0 Å². The van der Waals surface area contributed by atoms with Crippen molar-refractivity contribution in [1.29, 1.82) is 5.26 Å². The number of anilines is 2. The lowest BCUT2D eigenvalue weighted by molar-refractivity contribution is 0.310. The molecule has 2 fully saturated rings. The first-order chi connectivity index (χ1) is 16.0. The Balaban J connectivity index is 1.53. The van der Waals surface area contributed by atoms with E-state index in [-0.39, 0.29) is 17.0 Å². The number of likely N-dealkylation sites (N-methyl/N-ethyl adjacent to an activating group) is 1. The highest BCUT2D eigenvalue weighted by Crippen LogP contribution is 2.33. The van der Waals surface area contributed by atoms with E-state index in [0.717, 1.165) is 75.1 Å². The van der Waals surface area contributed by atoms with E-state index in [0.29, 0.717) is 13.0 Å². The molecule has 0 atom stereocenters. The van der Waals surface area contributed by atoms with Crippen LogP contribution >= 0.6 is 0 Å². The third kappa shape index (κ3) is 4.16. The summed E-state index contributed by atoms with van der Waals surface area (Å²) in [6.07, 6.45) is 2.83. The van der Waals surface area contributed by atoms with Crippen LogP contribution in [0.5, 0.6) is 0 Å². The molecular formula is C23H29N7O2S. The number of aromatic nitrogens is 2. The summed E-state index contributed by atoms with van der Waals surface area (Å²) >= 11 is 0. The van der Waals surface area contributed by atoms with Crippen molar-refractivity contribution in [2.75, 3.05) is 62.7 Å². The molecule has 0 unspecified atom stereocenters. The van der Waals surface area contributed by atoms with Gasteiger partial charge >= 0.3 is 0 Å². The molecule has 9 nitrogen and oxygen atoms in total. The van der Waals surface area contributed by atoms with Crippen LogP contribution in [0.25, 0.3) is 0 Å². The number of hydrogen-bond donors (Lipinski definition) is 0. The number of sulfonamides is 1. The van der Waals surface area contributed by atoms with Crippen LogP contribution in [0.4, 0.5) is 11.8 Å². The molecule has 0 amide bonds. The summed E-state index contributed by atoms with van der Waals surface area (Å²) in [4.78, 5) is 16.8. The zero-order chi connectivity index (χ0) is 23.0. The van der Waals surface area contributed by atoms with Gasteiger partial charge in [0.25, 0.3) is 0 Å².